The molecule has 0 amide bonds. The molecule has 0 radical (unpaired) electrons. The zero-order chi connectivity index (χ0) is 14.1. The Morgan fingerprint density at radius 3 is 2.50 bits per heavy atom. The van der Waals surface area contributed by atoms with Crippen molar-refractivity contribution in [1.82, 2.24) is 25.0 Å². The van der Waals surface area contributed by atoms with Crippen molar-refractivity contribution in [3.63, 3.8) is 0 Å². The molecule has 1 aromatic carbocycles. The van der Waals surface area contributed by atoms with Crippen LogP contribution < -0.4 is 0 Å². The van der Waals surface area contributed by atoms with Crippen molar-refractivity contribution in [2.24, 2.45) is 0 Å². The van der Waals surface area contributed by atoms with Gasteiger partial charge >= 0.3 is 0 Å². The van der Waals surface area contributed by atoms with Crippen LogP contribution in [-0.4, -0.2) is 25.0 Å². The molecule has 2 aromatic heterocycles. The number of aromatic nitrogens is 5. The van der Waals surface area contributed by atoms with E-state index >= 15 is 0 Å². The first-order valence-electron chi connectivity index (χ1n) is 6.11. The molecule has 6 nitrogen and oxygen atoms in total. The number of nitrogens with zero attached hydrogens (tertiary/aromatic N) is 5. The van der Waals surface area contributed by atoms with Crippen LogP contribution in [0.2, 0.25) is 0 Å². The van der Waals surface area contributed by atoms with Gasteiger partial charge in [0.15, 0.2) is 0 Å². The SMILES string of the molecule is Cc1nc(-c2nnc(-c3ccccc3)o2)nn1C(C)Cl. The van der Waals surface area contributed by atoms with Crippen molar-refractivity contribution in [2.75, 3.05) is 0 Å². The lowest BCUT2D eigenvalue weighted by Crippen LogP contribution is -2.02. The maximum Gasteiger partial charge on any atom is 0.287 e. The molecule has 1 unspecified atom stereocenters. The summed E-state index contributed by atoms with van der Waals surface area (Å²) in [7, 11) is 0. The second-order valence-electron chi connectivity index (χ2n) is 4.28. The summed E-state index contributed by atoms with van der Waals surface area (Å²) in [5.41, 5.74) is 0.570. The van der Waals surface area contributed by atoms with Gasteiger partial charge in [-0.05, 0) is 26.0 Å². The van der Waals surface area contributed by atoms with Crippen LogP contribution in [0.25, 0.3) is 23.2 Å². The standard InChI is InChI=1S/C13H12ClN5O/c1-8(14)19-9(2)15-11(18-19)13-17-16-12(20-13)10-6-4-3-5-7-10/h3-8H,1-2H3. The highest BCUT2D eigenvalue weighted by molar-refractivity contribution is 6.18. The summed E-state index contributed by atoms with van der Waals surface area (Å²) in [6.07, 6.45) is 0. The first-order chi connectivity index (χ1) is 9.65. The highest BCUT2D eigenvalue weighted by Crippen LogP contribution is 2.22. The van der Waals surface area contributed by atoms with E-state index in [1.165, 1.54) is 0 Å². The summed E-state index contributed by atoms with van der Waals surface area (Å²) < 4.78 is 7.20. The second-order valence-corrected chi connectivity index (χ2v) is 4.91. The summed E-state index contributed by atoms with van der Waals surface area (Å²) in [4.78, 5) is 4.28. The molecule has 3 rings (SSSR count). The van der Waals surface area contributed by atoms with Crippen LogP contribution in [0.5, 0.6) is 0 Å². The van der Waals surface area contributed by atoms with E-state index in [1.54, 1.807) is 4.68 Å². The van der Waals surface area contributed by atoms with Crippen molar-refractivity contribution >= 4 is 11.6 Å². The van der Waals surface area contributed by atoms with Crippen LogP contribution in [-0.2, 0) is 0 Å². The topological polar surface area (TPSA) is 69.6 Å². The summed E-state index contributed by atoms with van der Waals surface area (Å²) in [5.74, 6) is 1.79. The van der Waals surface area contributed by atoms with Gasteiger partial charge in [-0.1, -0.05) is 29.8 Å². The third-order valence-electron chi connectivity index (χ3n) is 2.78. The Balaban J connectivity index is 1.96. The van der Waals surface area contributed by atoms with Crippen molar-refractivity contribution < 1.29 is 4.42 Å². The van der Waals surface area contributed by atoms with E-state index in [1.807, 2.05) is 44.2 Å². The Labute approximate surface area is 120 Å². The van der Waals surface area contributed by atoms with Crippen LogP contribution >= 0.6 is 11.6 Å². The van der Waals surface area contributed by atoms with Crippen molar-refractivity contribution in [3.8, 4) is 23.2 Å². The van der Waals surface area contributed by atoms with Gasteiger partial charge in [0, 0.05) is 5.56 Å². The lowest BCUT2D eigenvalue weighted by atomic mass is 10.2. The number of benzene rings is 1. The van der Waals surface area contributed by atoms with Crippen LogP contribution in [0, 0.1) is 6.92 Å². The van der Waals surface area contributed by atoms with Crippen LogP contribution in [0.4, 0.5) is 0 Å². The molecule has 20 heavy (non-hydrogen) atoms. The summed E-state index contributed by atoms with van der Waals surface area (Å²) in [6.45, 7) is 3.64. The summed E-state index contributed by atoms with van der Waals surface area (Å²) >= 11 is 6.00. The van der Waals surface area contributed by atoms with E-state index in [0.717, 1.165) is 5.56 Å². The molecule has 0 aliphatic carbocycles. The van der Waals surface area contributed by atoms with Crippen LogP contribution in [0.15, 0.2) is 34.7 Å². The van der Waals surface area contributed by atoms with Crippen molar-refractivity contribution in [2.45, 2.75) is 19.3 Å². The number of hydrogen-bond acceptors (Lipinski definition) is 5. The highest BCUT2D eigenvalue weighted by atomic mass is 35.5. The average Bonchev–Trinajstić information content (AvgIpc) is 3.06. The van der Waals surface area contributed by atoms with E-state index in [4.69, 9.17) is 16.0 Å². The minimum Gasteiger partial charge on any atom is -0.413 e. The number of halogens is 1. The van der Waals surface area contributed by atoms with Gasteiger partial charge in [0.25, 0.3) is 5.89 Å². The predicted molar refractivity (Wildman–Crippen MR) is 74.1 cm³/mol. The number of rotatable bonds is 3. The fourth-order valence-corrected chi connectivity index (χ4v) is 2.02. The van der Waals surface area contributed by atoms with Gasteiger partial charge in [-0.3, -0.25) is 0 Å². The van der Waals surface area contributed by atoms with Crippen molar-refractivity contribution in [3.05, 3.63) is 36.2 Å². The number of aryl methyl sites for hydroxylation is 1. The summed E-state index contributed by atoms with van der Waals surface area (Å²) in [6, 6.07) is 9.54. The van der Waals surface area contributed by atoms with Gasteiger partial charge in [-0.15, -0.1) is 15.3 Å². The average molecular weight is 290 g/mol. The Hall–Kier alpha value is -2.21. The second kappa shape index (κ2) is 5.05. The Morgan fingerprint density at radius 2 is 1.85 bits per heavy atom. The van der Waals surface area contributed by atoms with E-state index in [-0.39, 0.29) is 11.4 Å². The van der Waals surface area contributed by atoms with Gasteiger partial charge in [0.2, 0.25) is 11.7 Å². The van der Waals surface area contributed by atoms with Gasteiger partial charge in [-0.2, -0.15) is 0 Å². The molecule has 7 heteroatoms. The van der Waals surface area contributed by atoms with Gasteiger partial charge < -0.3 is 4.42 Å². The fourth-order valence-electron chi connectivity index (χ4n) is 1.84. The molecule has 0 saturated heterocycles. The normalized spacial score (nSPS) is 12.6. The molecule has 2 heterocycles. The zero-order valence-electron chi connectivity index (χ0n) is 11.0. The van der Waals surface area contributed by atoms with Gasteiger partial charge in [0.05, 0.1) is 0 Å². The molecule has 0 aliphatic rings. The third kappa shape index (κ3) is 2.30. The van der Waals surface area contributed by atoms with E-state index in [2.05, 4.69) is 20.3 Å². The molecule has 102 valence electrons. The molecule has 0 fully saturated rings. The lowest BCUT2D eigenvalue weighted by Gasteiger charge is -2.02. The minimum atomic E-state index is -0.284. The quantitative estimate of drug-likeness (QED) is 0.693. The van der Waals surface area contributed by atoms with E-state index in [9.17, 15) is 0 Å². The Morgan fingerprint density at radius 1 is 1.15 bits per heavy atom. The molecule has 0 aliphatic heterocycles. The third-order valence-corrected chi connectivity index (χ3v) is 2.96. The number of hydrogen-bond donors (Lipinski definition) is 0. The molecular weight excluding hydrogens is 278 g/mol. The smallest absolute Gasteiger partial charge is 0.287 e. The highest BCUT2D eigenvalue weighted by Gasteiger charge is 2.17. The molecule has 3 aromatic rings. The summed E-state index contributed by atoms with van der Waals surface area (Å²) in [5, 5.41) is 12.3. The first-order valence-corrected chi connectivity index (χ1v) is 6.55. The maximum absolute atomic E-state index is 6.00. The molecular formula is C13H12ClN5O. The van der Waals surface area contributed by atoms with Gasteiger partial charge in [0.1, 0.15) is 11.3 Å². The fraction of sp³-hybridized carbons (Fsp3) is 0.231. The lowest BCUT2D eigenvalue weighted by molar-refractivity contribution is 0.572. The molecule has 0 bridgehead atoms. The molecule has 0 N–H and O–H groups in total. The Kier molecular flexibility index (Phi) is 3.23. The Bertz CT molecular complexity index is 719. The number of alkyl halides is 1. The van der Waals surface area contributed by atoms with Crippen LogP contribution in [0.3, 0.4) is 0 Å². The van der Waals surface area contributed by atoms with Crippen LogP contribution in [0.1, 0.15) is 18.2 Å². The van der Waals surface area contributed by atoms with E-state index < -0.39 is 0 Å². The predicted octanol–water partition coefficient (Wildman–Crippen LogP) is 3.06. The maximum atomic E-state index is 6.00. The monoisotopic (exact) mass is 289 g/mol. The zero-order valence-corrected chi connectivity index (χ0v) is 11.7. The minimum absolute atomic E-state index is 0.281. The molecule has 1 atom stereocenters. The largest absolute Gasteiger partial charge is 0.413 e. The van der Waals surface area contributed by atoms with Crippen molar-refractivity contribution in [1.29, 1.82) is 0 Å². The molecule has 0 spiro atoms. The first kappa shape index (κ1) is 12.8. The van der Waals surface area contributed by atoms with E-state index in [0.29, 0.717) is 17.5 Å². The van der Waals surface area contributed by atoms with Gasteiger partial charge in [-0.25, -0.2) is 9.67 Å². The molecule has 0 saturated carbocycles.